The molecule has 0 bridgehead atoms. The molecule has 2 heterocycles. The summed E-state index contributed by atoms with van der Waals surface area (Å²) in [4.78, 5) is 31.6. The number of carbonyl (C=O) groups excluding carboxylic acids is 2. The van der Waals surface area contributed by atoms with Gasteiger partial charge in [-0.05, 0) is 25.3 Å². The number of hydroxylamine groups is 1. The van der Waals surface area contributed by atoms with Crippen LogP contribution in [0.2, 0.25) is 0 Å². The number of aryl methyl sites for hydroxylation is 1. The smallest absolute Gasteiger partial charge is 0.252 e. The maximum atomic E-state index is 11.8. The predicted molar refractivity (Wildman–Crippen MR) is 110 cm³/mol. The topological polar surface area (TPSA) is 139 Å². The molecular weight excluding hydrogens is 386 g/mol. The van der Waals surface area contributed by atoms with Crippen molar-refractivity contribution in [3.8, 4) is 5.75 Å². The number of carbonyl (C=O) groups is 2. The van der Waals surface area contributed by atoms with Gasteiger partial charge in [0, 0.05) is 24.6 Å². The quantitative estimate of drug-likeness (QED) is 0.266. The van der Waals surface area contributed by atoms with Crippen LogP contribution in [0.1, 0.15) is 66.2 Å². The van der Waals surface area contributed by atoms with Crippen molar-refractivity contribution in [3.63, 3.8) is 0 Å². The molecule has 1 atom stereocenters. The van der Waals surface area contributed by atoms with Crippen LogP contribution in [0.25, 0.3) is 0 Å². The molecule has 0 saturated carbocycles. The van der Waals surface area contributed by atoms with Crippen molar-refractivity contribution in [1.29, 1.82) is 0 Å². The second-order valence-electron chi connectivity index (χ2n) is 7.24. The number of hydrogen-bond acceptors (Lipinski definition) is 7. The van der Waals surface area contributed by atoms with E-state index in [1.54, 1.807) is 5.48 Å². The Labute approximate surface area is 175 Å². The average Bonchev–Trinajstić information content (AvgIpc) is 2.76. The first-order chi connectivity index (χ1) is 14.6. The second-order valence-corrected chi connectivity index (χ2v) is 7.24. The molecule has 5 N–H and O–H groups in total. The summed E-state index contributed by atoms with van der Waals surface area (Å²) in [5.74, 6) is 0.376. The fraction of sp³-hybridized carbons (Fsp3) is 0.429. The number of rotatable bonds is 10. The third kappa shape index (κ3) is 5.66. The van der Waals surface area contributed by atoms with Crippen LogP contribution >= 0.6 is 0 Å². The molecule has 1 aromatic heterocycles. The van der Waals surface area contributed by atoms with E-state index >= 15 is 0 Å². The van der Waals surface area contributed by atoms with Crippen molar-refractivity contribution in [2.45, 2.75) is 51.0 Å². The lowest BCUT2D eigenvalue weighted by molar-refractivity contribution is -0.129. The molecule has 2 aromatic rings. The highest BCUT2D eigenvalue weighted by molar-refractivity contribution is 5.93. The molecule has 0 saturated heterocycles. The van der Waals surface area contributed by atoms with Crippen LogP contribution in [0, 0.1) is 0 Å². The molecule has 3 rings (SSSR count). The number of hydrogen-bond donors (Lipinski definition) is 4. The third-order valence-electron chi connectivity index (χ3n) is 5.09. The number of nitrogens with zero attached hydrogens (tertiary/aromatic N) is 2. The minimum atomic E-state index is -0.549. The number of nitrogens with two attached hydrogens (primary N) is 1. The molecule has 30 heavy (non-hydrogen) atoms. The molecule has 9 heteroatoms. The molecule has 2 amide bonds. The summed E-state index contributed by atoms with van der Waals surface area (Å²) in [5, 5.41) is 11.8. The Balaban J connectivity index is 1.62. The van der Waals surface area contributed by atoms with Crippen LogP contribution < -0.4 is 21.3 Å². The van der Waals surface area contributed by atoms with Gasteiger partial charge in [0.05, 0.1) is 23.9 Å². The number of ether oxygens (including phenoxy) is 1. The first-order valence-corrected chi connectivity index (χ1v) is 10.2. The zero-order valence-corrected chi connectivity index (χ0v) is 16.8. The number of primary amides is 1. The van der Waals surface area contributed by atoms with Crippen molar-refractivity contribution in [1.82, 2.24) is 15.4 Å². The molecule has 0 radical (unpaired) electrons. The Morgan fingerprint density at radius 3 is 2.80 bits per heavy atom. The van der Waals surface area contributed by atoms with E-state index in [0.717, 1.165) is 37.0 Å². The molecule has 1 aliphatic rings. The van der Waals surface area contributed by atoms with Crippen LogP contribution in [0.3, 0.4) is 0 Å². The van der Waals surface area contributed by atoms with Crippen molar-refractivity contribution in [3.05, 3.63) is 47.3 Å². The van der Waals surface area contributed by atoms with Gasteiger partial charge in [-0.15, -0.1) is 0 Å². The molecular formula is C21H27N5O4. The summed E-state index contributed by atoms with van der Waals surface area (Å²) < 4.78 is 5.69. The Morgan fingerprint density at radius 1 is 1.20 bits per heavy atom. The van der Waals surface area contributed by atoms with E-state index in [9.17, 15) is 9.59 Å². The lowest BCUT2D eigenvalue weighted by Gasteiger charge is -2.26. The largest absolute Gasteiger partial charge is 0.493 e. The minimum Gasteiger partial charge on any atom is -0.493 e. The highest BCUT2D eigenvalue weighted by Crippen LogP contribution is 2.33. The summed E-state index contributed by atoms with van der Waals surface area (Å²) in [6.07, 6.45) is 6.35. The Morgan fingerprint density at radius 2 is 2.00 bits per heavy atom. The summed E-state index contributed by atoms with van der Waals surface area (Å²) in [6, 6.07) is 7.89. The molecule has 0 spiro atoms. The van der Waals surface area contributed by atoms with Gasteiger partial charge in [-0.25, -0.2) is 15.4 Å². The van der Waals surface area contributed by atoms with Gasteiger partial charge in [-0.1, -0.05) is 31.0 Å². The normalized spacial score (nSPS) is 15.0. The number of para-hydroxylation sites is 1. The van der Waals surface area contributed by atoms with Crippen LogP contribution in [0.5, 0.6) is 5.75 Å². The van der Waals surface area contributed by atoms with Crippen LogP contribution in [0.15, 0.2) is 30.5 Å². The van der Waals surface area contributed by atoms with Crippen molar-refractivity contribution >= 4 is 17.8 Å². The Bertz CT molecular complexity index is 889. The van der Waals surface area contributed by atoms with Crippen molar-refractivity contribution in [2.24, 2.45) is 5.73 Å². The van der Waals surface area contributed by atoms with E-state index in [0.29, 0.717) is 36.7 Å². The van der Waals surface area contributed by atoms with E-state index in [2.05, 4.69) is 15.3 Å². The minimum absolute atomic E-state index is 0.0277. The number of benzene rings is 1. The van der Waals surface area contributed by atoms with E-state index in [-0.39, 0.29) is 18.4 Å². The summed E-state index contributed by atoms with van der Waals surface area (Å²) in [5.41, 5.74) is 9.11. The van der Waals surface area contributed by atoms with Gasteiger partial charge in [-0.3, -0.25) is 14.8 Å². The van der Waals surface area contributed by atoms with Crippen molar-refractivity contribution in [2.75, 3.05) is 11.9 Å². The summed E-state index contributed by atoms with van der Waals surface area (Å²) >= 11 is 0. The monoisotopic (exact) mass is 413 g/mol. The van der Waals surface area contributed by atoms with E-state index in [4.69, 9.17) is 15.7 Å². The number of amides is 2. The number of nitrogens with one attached hydrogen (secondary N) is 2. The Kier molecular flexibility index (Phi) is 7.56. The average molecular weight is 413 g/mol. The number of fused-ring (bicyclic) bond motifs is 1. The summed E-state index contributed by atoms with van der Waals surface area (Å²) in [7, 11) is 0. The van der Waals surface area contributed by atoms with Crippen LogP contribution in [-0.4, -0.2) is 33.6 Å². The molecule has 9 nitrogen and oxygen atoms in total. The maximum Gasteiger partial charge on any atom is 0.252 e. The van der Waals surface area contributed by atoms with E-state index in [1.807, 2.05) is 24.3 Å². The van der Waals surface area contributed by atoms with Crippen molar-refractivity contribution < 1.29 is 19.5 Å². The van der Waals surface area contributed by atoms with Gasteiger partial charge in [0.1, 0.15) is 5.75 Å². The number of aromatic nitrogens is 2. The zero-order valence-electron chi connectivity index (χ0n) is 16.8. The lowest BCUT2D eigenvalue weighted by atomic mass is 10.0. The first kappa shape index (κ1) is 21.5. The molecule has 160 valence electrons. The molecule has 1 aromatic carbocycles. The zero-order chi connectivity index (χ0) is 21.3. The molecule has 1 aliphatic heterocycles. The van der Waals surface area contributed by atoms with Gasteiger partial charge >= 0.3 is 0 Å². The SMILES string of the molecule is NC(=O)c1cnc(NC2CCOc3ccccc32)nc1CCCCCCC(=O)NO. The van der Waals surface area contributed by atoms with Gasteiger partial charge in [0.2, 0.25) is 11.9 Å². The van der Waals surface area contributed by atoms with Gasteiger partial charge < -0.3 is 15.8 Å². The number of anilines is 1. The maximum absolute atomic E-state index is 11.8. The lowest BCUT2D eigenvalue weighted by Crippen LogP contribution is -2.22. The van der Waals surface area contributed by atoms with E-state index in [1.165, 1.54) is 6.20 Å². The van der Waals surface area contributed by atoms with Gasteiger partial charge in [-0.2, -0.15) is 0 Å². The third-order valence-corrected chi connectivity index (χ3v) is 5.09. The highest BCUT2D eigenvalue weighted by Gasteiger charge is 2.22. The molecule has 0 fully saturated rings. The van der Waals surface area contributed by atoms with Crippen LogP contribution in [-0.2, 0) is 11.2 Å². The van der Waals surface area contributed by atoms with Gasteiger partial charge in [0.15, 0.2) is 0 Å². The highest BCUT2D eigenvalue weighted by atomic mass is 16.5. The fourth-order valence-electron chi connectivity index (χ4n) is 3.52. The predicted octanol–water partition coefficient (Wildman–Crippen LogP) is 2.51. The molecule has 0 aliphatic carbocycles. The number of unbranched alkanes of at least 4 members (excludes halogenated alkanes) is 3. The molecule has 1 unspecified atom stereocenters. The van der Waals surface area contributed by atoms with Crippen LogP contribution in [0.4, 0.5) is 5.95 Å². The fourth-order valence-corrected chi connectivity index (χ4v) is 3.52. The van der Waals surface area contributed by atoms with E-state index < -0.39 is 5.91 Å². The Hall–Kier alpha value is -3.20. The van der Waals surface area contributed by atoms with Gasteiger partial charge in [0.25, 0.3) is 5.91 Å². The summed E-state index contributed by atoms with van der Waals surface area (Å²) in [6.45, 7) is 0.606. The standard InChI is InChI=1S/C21H27N5O4/c22-20(28)15-13-23-21(24-16(15)8-3-1-2-4-10-19(27)26-29)25-17-11-12-30-18-9-6-5-7-14(17)18/h5-7,9,13,17,29H,1-4,8,10-12H2,(H2,22,28)(H,26,27)(H,23,24,25). The second kappa shape index (κ2) is 10.5. The first-order valence-electron chi connectivity index (χ1n) is 10.2.